The van der Waals surface area contributed by atoms with Crippen molar-refractivity contribution in [2.75, 3.05) is 33.9 Å². The molecule has 0 saturated carbocycles. The number of methoxy groups -OCH3 is 2. The lowest BCUT2D eigenvalue weighted by atomic mass is 10.1. The highest BCUT2D eigenvalue weighted by Gasteiger charge is 2.26. The highest BCUT2D eigenvalue weighted by molar-refractivity contribution is 6.31. The molecule has 100 valence electrons. The van der Waals surface area contributed by atoms with Crippen LogP contribution < -0.4 is 14.8 Å². The molecule has 1 N–H and O–H groups in total. The van der Waals surface area contributed by atoms with Crippen molar-refractivity contribution < 1.29 is 18.6 Å². The monoisotopic (exact) mass is 275 g/mol. The minimum atomic E-state index is -0.622. The number of morpholine rings is 1. The predicted octanol–water partition coefficient (Wildman–Crippen LogP) is 2.16. The molecule has 1 atom stereocenters. The molecule has 6 heteroatoms. The van der Waals surface area contributed by atoms with Crippen molar-refractivity contribution in [1.82, 2.24) is 5.32 Å². The summed E-state index contributed by atoms with van der Waals surface area (Å²) in [6.07, 6.45) is -0.222. The maximum absolute atomic E-state index is 13.8. The molecular formula is C12H15ClFNO3. The summed E-state index contributed by atoms with van der Waals surface area (Å²) in [4.78, 5) is 0. The Morgan fingerprint density at radius 1 is 1.39 bits per heavy atom. The van der Waals surface area contributed by atoms with Crippen LogP contribution in [0.25, 0.3) is 0 Å². The number of halogens is 2. The van der Waals surface area contributed by atoms with Crippen LogP contribution in [0.3, 0.4) is 0 Å². The number of nitrogens with one attached hydrogen (secondary N) is 1. The summed E-state index contributed by atoms with van der Waals surface area (Å²) < 4.78 is 29.7. The Morgan fingerprint density at radius 3 is 2.67 bits per heavy atom. The molecule has 1 fully saturated rings. The Hall–Kier alpha value is -1.04. The maximum atomic E-state index is 13.8. The third-order valence-corrected chi connectivity index (χ3v) is 3.12. The molecule has 0 aliphatic carbocycles. The summed E-state index contributed by atoms with van der Waals surface area (Å²) in [6.45, 7) is 2.01. The van der Waals surface area contributed by atoms with E-state index in [1.165, 1.54) is 20.3 Å². The number of rotatable bonds is 3. The molecule has 18 heavy (non-hydrogen) atoms. The number of benzene rings is 1. The van der Waals surface area contributed by atoms with Gasteiger partial charge in [0, 0.05) is 18.7 Å². The number of hydrogen-bond donors (Lipinski definition) is 1. The third-order valence-electron chi connectivity index (χ3n) is 2.84. The van der Waals surface area contributed by atoms with E-state index in [2.05, 4.69) is 5.32 Å². The second kappa shape index (κ2) is 5.73. The molecule has 1 aliphatic rings. The molecule has 4 nitrogen and oxygen atoms in total. The Morgan fingerprint density at radius 2 is 2.11 bits per heavy atom. The van der Waals surface area contributed by atoms with Crippen LogP contribution >= 0.6 is 11.6 Å². The zero-order valence-corrected chi connectivity index (χ0v) is 11.0. The van der Waals surface area contributed by atoms with Crippen molar-refractivity contribution in [3.05, 3.63) is 22.5 Å². The summed E-state index contributed by atoms with van der Waals surface area (Å²) in [5.74, 6) is -0.286. The van der Waals surface area contributed by atoms with Crippen LogP contribution in [0.15, 0.2) is 6.07 Å². The van der Waals surface area contributed by atoms with E-state index in [0.29, 0.717) is 24.5 Å². The summed E-state index contributed by atoms with van der Waals surface area (Å²) in [6, 6.07) is 1.52. The molecule has 1 aromatic rings. The summed E-state index contributed by atoms with van der Waals surface area (Å²) in [7, 11) is 2.84. The lowest BCUT2D eigenvalue weighted by Gasteiger charge is -2.26. The fourth-order valence-corrected chi connectivity index (χ4v) is 2.21. The van der Waals surface area contributed by atoms with Crippen LogP contribution in [0.5, 0.6) is 11.5 Å². The Kier molecular flexibility index (Phi) is 4.27. The highest BCUT2D eigenvalue weighted by Crippen LogP contribution is 2.41. The van der Waals surface area contributed by atoms with Crippen LogP contribution in [0, 0.1) is 5.82 Å². The largest absolute Gasteiger partial charge is 0.492 e. The van der Waals surface area contributed by atoms with Gasteiger partial charge in [0.1, 0.15) is 0 Å². The van der Waals surface area contributed by atoms with Crippen LogP contribution in [0.4, 0.5) is 4.39 Å². The average molecular weight is 276 g/mol. The zero-order valence-electron chi connectivity index (χ0n) is 10.3. The molecule has 1 heterocycles. The molecule has 2 rings (SSSR count). The fraction of sp³-hybridized carbons (Fsp3) is 0.500. The molecule has 0 amide bonds. The Balaban J connectivity index is 2.47. The first kappa shape index (κ1) is 13.4. The fourth-order valence-electron chi connectivity index (χ4n) is 2.00. The van der Waals surface area contributed by atoms with Gasteiger partial charge in [0.15, 0.2) is 17.3 Å². The van der Waals surface area contributed by atoms with E-state index in [9.17, 15) is 4.39 Å². The Labute approximate surface area is 110 Å². The van der Waals surface area contributed by atoms with Crippen LogP contribution in [0.2, 0.25) is 5.02 Å². The van der Waals surface area contributed by atoms with E-state index in [4.69, 9.17) is 25.8 Å². The maximum Gasteiger partial charge on any atom is 0.198 e. The molecule has 0 spiro atoms. The molecule has 0 bridgehead atoms. The normalized spacial score (nSPS) is 19.7. The molecule has 0 aromatic heterocycles. The van der Waals surface area contributed by atoms with Crippen molar-refractivity contribution in [1.29, 1.82) is 0 Å². The summed E-state index contributed by atoms with van der Waals surface area (Å²) >= 11 is 5.86. The molecule has 1 aliphatic heterocycles. The van der Waals surface area contributed by atoms with Gasteiger partial charge in [0.25, 0.3) is 0 Å². The van der Waals surface area contributed by atoms with Gasteiger partial charge >= 0.3 is 0 Å². The van der Waals surface area contributed by atoms with Gasteiger partial charge in [-0.05, 0) is 6.07 Å². The second-order valence-electron chi connectivity index (χ2n) is 3.89. The second-order valence-corrected chi connectivity index (χ2v) is 4.30. The molecule has 1 unspecified atom stereocenters. The van der Waals surface area contributed by atoms with Crippen LogP contribution in [-0.4, -0.2) is 33.9 Å². The average Bonchev–Trinajstić information content (AvgIpc) is 2.42. The van der Waals surface area contributed by atoms with E-state index in [-0.39, 0.29) is 16.9 Å². The lowest BCUT2D eigenvalue weighted by Crippen LogP contribution is -2.33. The van der Waals surface area contributed by atoms with E-state index < -0.39 is 5.82 Å². The van der Waals surface area contributed by atoms with Gasteiger partial charge in [-0.1, -0.05) is 11.6 Å². The number of hydrogen-bond acceptors (Lipinski definition) is 4. The topological polar surface area (TPSA) is 39.7 Å². The molecule has 1 saturated heterocycles. The molecule has 1 aromatic carbocycles. The zero-order chi connectivity index (χ0) is 13.1. The van der Waals surface area contributed by atoms with Gasteiger partial charge in [-0.15, -0.1) is 0 Å². The van der Waals surface area contributed by atoms with Crippen LogP contribution in [-0.2, 0) is 4.74 Å². The van der Waals surface area contributed by atoms with Gasteiger partial charge < -0.3 is 19.5 Å². The van der Waals surface area contributed by atoms with E-state index in [0.717, 1.165) is 6.54 Å². The van der Waals surface area contributed by atoms with Crippen molar-refractivity contribution in [3.63, 3.8) is 0 Å². The van der Waals surface area contributed by atoms with Gasteiger partial charge in [0.05, 0.1) is 32.0 Å². The SMILES string of the molecule is COc1c(C2CNCCO2)cc(Cl)c(F)c1OC. The third kappa shape index (κ3) is 2.39. The number of ether oxygens (including phenoxy) is 3. The highest BCUT2D eigenvalue weighted by atomic mass is 35.5. The summed E-state index contributed by atoms with van der Waals surface area (Å²) in [5, 5.41) is 3.20. The van der Waals surface area contributed by atoms with Gasteiger partial charge in [-0.3, -0.25) is 0 Å². The molecule has 0 radical (unpaired) electrons. The minimum absolute atomic E-state index is 0.00294. The van der Waals surface area contributed by atoms with Gasteiger partial charge in [-0.2, -0.15) is 0 Å². The minimum Gasteiger partial charge on any atom is -0.492 e. The van der Waals surface area contributed by atoms with Gasteiger partial charge in [-0.25, -0.2) is 4.39 Å². The standard InChI is InChI=1S/C12H15ClFNO3/c1-16-11-7(9-6-15-3-4-18-9)5-8(13)10(14)12(11)17-2/h5,9,15H,3-4,6H2,1-2H3. The quantitative estimate of drug-likeness (QED) is 0.918. The first-order valence-electron chi connectivity index (χ1n) is 5.61. The smallest absolute Gasteiger partial charge is 0.198 e. The molecular weight excluding hydrogens is 261 g/mol. The first-order valence-corrected chi connectivity index (χ1v) is 5.99. The predicted molar refractivity (Wildman–Crippen MR) is 66.1 cm³/mol. The van der Waals surface area contributed by atoms with Gasteiger partial charge in [0.2, 0.25) is 0 Å². The lowest BCUT2D eigenvalue weighted by molar-refractivity contribution is 0.0260. The van der Waals surface area contributed by atoms with Crippen molar-refractivity contribution in [2.45, 2.75) is 6.10 Å². The van der Waals surface area contributed by atoms with E-state index in [1.54, 1.807) is 0 Å². The van der Waals surface area contributed by atoms with E-state index in [1.807, 2.05) is 0 Å². The van der Waals surface area contributed by atoms with Crippen molar-refractivity contribution >= 4 is 11.6 Å². The Bertz CT molecular complexity index is 436. The first-order chi connectivity index (χ1) is 8.69. The van der Waals surface area contributed by atoms with Crippen molar-refractivity contribution in [2.24, 2.45) is 0 Å². The summed E-state index contributed by atoms with van der Waals surface area (Å²) in [5.41, 5.74) is 0.688. The van der Waals surface area contributed by atoms with Crippen molar-refractivity contribution in [3.8, 4) is 11.5 Å². The van der Waals surface area contributed by atoms with E-state index >= 15 is 0 Å². The van der Waals surface area contributed by atoms with Crippen LogP contribution in [0.1, 0.15) is 11.7 Å².